The lowest BCUT2D eigenvalue weighted by Gasteiger charge is -2.20. The SMILES string of the molecule is CC(C)(C)n1ncc(Sc2nnc(Nc3ccc(F)c(Cl)c3)s2)c(Cl)c1=O. The second-order valence-electron chi connectivity index (χ2n) is 6.44. The Labute approximate surface area is 172 Å². The highest BCUT2D eigenvalue weighted by atomic mass is 35.5. The van der Waals surface area contributed by atoms with E-state index >= 15 is 0 Å². The molecule has 3 aromatic rings. The highest BCUT2D eigenvalue weighted by Crippen LogP contribution is 2.35. The molecule has 0 atom stereocenters. The number of benzene rings is 1. The third kappa shape index (κ3) is 4.60. The Balaban J connectivity index is 1.79. The Morgan fingerprint density at radius 1 is 1.26 bits per heavy atom. The zero-order valence-corrected chi connectivity index (χ0v) is 17.6. The van der Waals surface area contributed by atoms with Gasteiger partial charge in [0.2, 0.25) is 5.13 Å². The van der Waals surface area contributed by atoms with E-state index in [1.54, 1.807) is 6.07 Å². The van der Waals surface area contributed by atoms with Crippen LogP contribution in [-0.2, 0) is 5.54 Å². The molecular weight excluding hydrogens is 432 g/mol. The van der Waals surface area contributed by atoms with Crippen molar-refractivity contribution in [1.29, 1.82) is 0 Å². The Hall–Kier alpha value is -1.68. The van der Waals surface area contributed by atoms with Crippen molar-refractivity contribution in [2.24, 2.45) is 0 Å². The molecule has 2 heterocycles. The summed E-state index contributed by atoms with van der Waals surface area (Å²) in [6, 6.07) is 4.26. The molecule has 0 aliphatic rings. The molecule has 11 heteroatoms. The van der Waals surface area contributed by atoms with Crippen molar-refractivity contribution in [3.63, 3.8) is 0 Å². The highest BCUT2D eigenvalue weighted by Gasteiger charge is 2.20. The first-order chi connectivity index (χ1) is 12.6. The first kappa shape index (κ1) is 20.1. The molecule has 2 aromatic heterocycles. The van der Waals surface area contributed by atoms with Gasteiger partial charge in [0, 0.05) is 5.69 Å². The van der Waals surface area contributed by atoms with Crippen LogP contribution in [0.3, 0.4) is 0 Å². The van der Waals surface area contributed by atoms with Crippen LogP contribution in [-0.4, -0.2) is 20.0 Å². The summed E-state index contributed by atoms with van der Waals surface area (Å²) >= 11 is 14.4. The molecule has 3 rings (SSSR count). The van der Waals surface area contributed by atoms with Gasteiger partial charge in [0.1, 0.15) is 10.8 Å². The summed E-state index contributed by atoms with van der Waals surface area (Å²) in [7, 11) is 0. The van der Waals surface area contributed by atoms with Gasteiger partial charge in [-0.05, 0) is 39.0 Å². The molecule has 1 N–H and O–H groups in total. The van der Waals surface area contributed by atoms with E-state index in [9.17, 15) is 9.18 Å². The predicted molar refractivity (Wildman–Crippen MR) is 107 cm³/mol. The Bertz CT molecular complexity index is 1050. The maximum absolute atomic E-state index is 13.2. The number of anilines is 2. The lowest BCUT2D eigenvalue weighted by atomic mass is 10.1. The van der Waals surface area contributed by atoms with E-state index in [1.807, 2.05) is 20.8 Å². The summed E-state index contributed by atoms with van der Waals surface area (Å²) in [5.41, 5.74) is -0.250. The van der Waals surface area contributed by atoms with Gasteiger partial charge >= 0.3 is 0 Å². The Morgan fingerprint density at radius 3 is 2.67 bits per heavy atom. The molecule has 0 saturated carbocycles. The summed E-state index contributed by atoms with van der Waals surface area (Å²) < 4.78 is 15.1. The minimum atomic E-state index is -0.497. The second-order valence-corrected chi connectivity index (χ2v) is 9.49. The smallest absolute Gasteiger partial charge is 0.287 e. The molecule has 0 spiro atoms. The molecule has 27 heavy (non-hydrogen) atoms. The summed E-state index contributed by atoms with van der Waals surface area (Å²) in [6.07, 6.45) is 1.54. The van der Waals surface area contributed by atoms with Gasteiger partial charge in [0.15, 0.2) is 4.34 Å². The number of nitrogens with one attached hydrogen (secondary N) is 1. The fraction of sp³-hybridized carbons (Fsp3) is 0.250. The van der Waals surface area contributed by atoms with E-state index in [2.05, 4.69) is 20.6 Å². The molecule has 142 valence electrons. The van der Waals surface area contributed by atoms with Gasteiger partial charge in [0.05, 0.1) is 21.7 Å². The van der Waals surface area contributed by atoms with Crippen molar-refractivity contribution in [2.75, 3.05) is 5.32 Å². The van der Waals surface area contributed by atoms with E-state index in [-0.39, 0.29) is 15.6 Å². The largest absolute Gasteiger partial charge is 0.330 e. The first-order valence-corrected chi connectivity index (χ1v) is 10.1. The van der Waals surface area contributed by atoms with Crippen molar-refractivity contribution < 1.29 is 4.39 Å². The fourth-order valence-corrected chi connectivity index (χ4v) is 4.20. The number of nitrogens with zero attached hydrogens (tertiary/aromatic N) is 4. The molecule has 0 amide bonds. The van der Waals surface area contributed by atoms with Gasteiger partial charge in [-0.25, -0.2) is 9.07 Å². The van der Waals surface area contributed by atoms with Crippen molar-refractivity contribution in [1.82, 2.24) is 20.0 Å². The van der Waals surface area contributed by atoms with Gasteiger partial charge in [-0.2, -0.15) is 5.10 Å². The van der Waals surface area contributed by atoms with Crippen molar-refractivity contribution >= 4 is 57.1 Å². The second kappa shape index (κ2) is 7.75. The molecule has 0 bridgehead atoms. The van der Waals surface area contributed by atoms with Crippen LogP contribution in [0.2, 0.25) is 10.0 Å². The van der Waals surface area contributed by atoms with Crippen molar-refractivity contribution in [3.8, 4) is 0 Å². The van der Waals surface area contributed by atoms with Crippen LogP contribution in [0, 0.1) is 5.82 Å². The van der Waals surface area contributed by atoms with Gasteiger partial charge < -0.3 is 5.32 Å². The number of aromatic nitrogens is 4. The van der Waals surface area contributed by atoms with Crippen LogP contribution in [0.15, 0.2) is 38.4 Å². The van der Waals surface area contributed by atoms with Crippen molar-refractivity contribution in [3.05, 3.63) is 50.6 Å². The van der Waals surface area contributed by atoms with Gasteiger partial charge in [-0.15, -0.1) is 10.2 Å². The normalized spacial score (nSPS) is 11.6. The number of hydrogen-bond donors (Lipinski definition) is 1. The quantitative estimate of drug-likeness (QED) is 0.595. The average Bonchev–Trinajstić information content (AvgIpc) is 3.01. The van der Waals surface area contributed by atoms with E-state index in [0.29, 0.717) is 20.1 Å². The maximum atomic E-state index is 13.2. The molecule has 6 nitrogen and oxygen atoms in total. The standard InChI is InChI=1S/C16H14Cl2FN5OS2/c1-16(2,3)24-13(25)12(18)11(7-20-24)26-15-23-22-14(27-15)21-8-4-5-10(19)9(17)6-8/h4-7H,1-3H3,(H,21,22). The Morgan fingerprint density at radius 2 is 2.00 bits per heavy atom. The average molecular weight is 446 g/mol. The number of halogens is 3. The molecule has 0 radical (unpaired) electrons. The van der Waals surface area contributed by atoms with E-state index in [4.69, 9.17) is 23.2 Å². The molecule has 0 unspecified atom stereocenters. The first-order valence-electron chi connectivity index (χ1n) is 7.67. The summed E-state index contributed by atoms with van der Waals surface area (Å²) in [5, 5.41) is 15.9. The van der Waals surface area contributed by atoms with Crippen LogP contribution < -0.4 is 10.9 Å². The predicted octanol–water partition coefficient (Wildman–Crippen LogP) is 5.19. The monoisotopic (exact) mass is 445 g/mol. The Kier molecular flexibility index (Phi) is 5.76. The van der Waals surface area contributed by atoms with Crippen LogP contribution >= 0.6 is 46.3 Å². The molecule has 0 fully saturated rings. The van der Waals surface area contributed by atoms with Crippen LogP contribution in [0.25, 0.3) is 0 Å². The zero-order chi connectivity index (χ0) is 19.8. The molecule has 0 aliphatic heterocycles. The third-order valence-electron chi connectivity index (χ3n) is 3.30. The topological polar surface area (TPSA) is 72.7 Å². The van der Waals surface area contributed by atoms with E-state index < -0.39 is 11.4 Å². The molecule has 0 saturated heterocycles. The maximum Gasteiger partial charge on any atom is 0.287 e. The minimum absolute atomic E-state index is 0.0105. The number of hydrogen-bond acceptors (Lipinski definition) is 7. The van der Waals surface area contributed by atoms with Gasteiger partial charge in [-0.3, -0.25) is 4.79 Å². The van der Waals surface area contributed by atoms with E-state index in [0.717, 1.165) is 0 Å². The van der Waals surface area contributed by atoms with Crippen LogP contribution in [0.5, 0.6) is 0 Å². The molecule has 1 aromatic carbocycles. The van der Waals surface area contributed by atoms with Crippen molar-refractivity contribution in [2.45, 2.75) is 35.5 Å². The summed E-state index contributed by atoms with van der Waals surface area (Å²) in [5.74, 6) is -0.497. The fourth-order valence-electron chi connectivity index (χ4n) is 2.06. The zero-order valence-electron chi connectivity index (χ0n) is 14.5. The lowest BCUT2D eigenvalue weighted by molar-refractivity contribution is 0.336. The third-order valence-corrected chi connectivity index (χ3v) is 5.98. The lowest BCUT2D eigenvalue weighted by Crippen LogP contribution is -2.36. The van der Waals surface area contributed by atoms with Gasteiger partial charge in [0.25, 0.3) is 5.56 Å². The summed E-state index contributed by atoms with van der Waals surface area (Å²) in [6.45, 7) is 5.61. The number of rotatable bonds is 4. The summed E-state index contributed by atoms with van der Waals surface area (Å²) in [4.78, 5) is 12.9. The minimum Gasteiger partial charge on any atom is -0.330 e. The van der Waals surface area contributed by atoms with Gasteiger partial charge in [-0.1, -0.05) is 46.3 Å². The highest BCUT2D eigenvalue weighted by molar-refractivity contribution is 8.01. The van der Waals surface area contributed by atoms with Crippen LogP contribution in [0.1, 0.15) is 20.8 Å². The van der Waals surface area contributed by atoms with E-state index in [1.165, 1.54) is 46.1 Å². The molecular formula is C16H14Cl2FN5OS2. The molecule has 0 aliphatic carbocycles. The van der Waals surface area contributed by atoms with Crippen LogP contribution in [0.4, 0.5) is 15.2 Å².